The van der Waals surface area contributed by atoms with Crippen LogP contribution in [-0.2, 0) is 53.2 Å². The van der Waals surface area contributed by atoms with Crippen molar-refractivity contribution in [1.29, 1.82) is 0 Å². The highest BCUT2D eigenvalue weighted by atomic mass is 35.5. The molecule has 416 valence electrons. The Morgan fingerprint density at radius 1 is 0.676 bits per heavy atom. The van der Waals surface area contributed by atoms with E-state index in [9.17, 15) is 30.6 Å². The first-order valence-corrected chi connectivity index (χ1v) is 26.2. The number of nitrogens with zero attached hydrogens (tertiary/aromatic N) is 3. The number of halogens is 2. The van der Waals surface area contributed by atoms with Gasteiger partial charge in [0.15, 0.2) is 18.9 Å². The first kappa shape index (κ1) is 58.9. The van der Waals surface area contributed by atoms with Gasteiger partial charge in [0.25, 0.3) is 0 Å². The number of nitrogens with two attached hydrogens (primary N) is 6. The predicted molar refractivity (Wildman–Crippen MR) is 273 cm³/mol. The summed E-state index contributed by atoms with van der Waals surface area (Å²) in [4.78, 5) is 0. The maximum Gasteiger partial charge on any atom is 0.187 e. The van der Waals surface area contributed by atoms with Gasteiger partial charge in [0.05, 0.1) is 37.0 Å². The van der Waals surface area contributed by atoms with Crippen LogP contribution in [0.2, 0.25) is 10.0 Å². The van der Waals surface area contributed by atoms with E-state index in [0.29, 0.717) is 48.0 Å². The van der Waals surface area contributed by atoms with Crippen molar-refractivity contribution in [2.45, 2.75) is 201 Å². The lowest BCUT2D eigenvalue weighted by Gasteiger charge is -2.47. The zero-order valence-corrected chi connectivity index (χ0v) is 44.2. The predicted octanol–water partition coefficient (Wildman–Crippen LogP) is -0.583. The fourth-order valence-corrected chi connectivity index (χ4v) is 11.1. The molecule has 24 heteroatoms. The van der Waals surface area contributed by atoms with Crippen molar-refractivity contribution in [3.8, 4) is 5.75 Å². The molecule has 7 rings (SSSR count). The largest absolute Gasteiger partial charge is 0.493 e. The second-order valence-electron chi connectivity index (χ2n) is 22.2. The van der Waals surface area contributed by atoms with E-state index in [2.05, 4.69) is 57.1 Å². The van der Waals surface area contributed by atoms with Crippen LogP contribution in [0.4, 0.5) is 0 Å². The van der Waals surface area contributed by atoms with Gasteiger partial charge in [0.2, 0.25) is 0 Å². The molecule has 22 nitrogen and oxygen atoms in total. The van der Waals surface area contributed by atoms with Gasteiger partial charge in [-0.15, -0.1) is 5.10 Å². The summed E-state index contributed by atoms with van der Waals surface area (Å²) in [6.45, 7) is 11.3. The molecule has 2 aromatic carbocycles. The molecule has 3 aliphatic heterocycles. The normalized spacial score (nSPS) is 36.1. The Hall–Kier alpha value is -2.76. The monoisotopic (exact) mass is 1080 g/mol. The Bertz CT molecular complexity index is 2280. The third kappa shape index (κ3) is 13.9. The lowest BCUT2D eigenvalue weighted by molar-refractivity contribution is -0.306. The fraction of sp³-hybridized carbons (Fsp3) is 0.720. The topological polar surface area (TPSA) is 373 Å². The van der Waals surface area contributed by atoms with E-state index in [1.54, 1.807) is 12.3 Å². The van der Waals surface area contributed by atoms with Gasteiger partial charge in [0.1, 0.15) is 72.9 Å². The molecule has 19 atom stereocenters. The van der Waals surface area contributed by atoms with Crippen LogP contribution in [0.5, 0.6) is 5.75 Å². The van der Waals surface area contributed by atoms with Gasteiger partial charge in [-0.1, -0.05) is 81.2 Å². The Morgan fingerprint density at radius 3 is 1.89 bits per heavy atom. The molecule has 0 bridgehead atoms. The molecule has 4 aliphatic rings. The van der Waals surface area contributed by atoms with E-state index in [-0.39, 0.29) is 36.9 Å². The van der Waals surface area contributed by atoms with Gasteiger partial charge >= 0.3 is 0 Å². The van der Waals surface area contributed by atoms with Gasteiger partial charge in [-0.25, -0.2) is 4.68 Å². The number of unbranched alkanes of at least 4 members (excludes halogenated alkanes) is 1. The van der Waals surface area contributed by atoms with Crippen molar-refractivity contribution in [2.24, 2.45) is 39.8 Å². The van der Waals surface area contributed by atoms with Crippen molar-refractivity contribution < 1.29 is 63.8 Å². The van der Waals surface area contributed by atoms with E-state index in [1.807, 2.05) is 18.2 Å². The van der Waals surface area contributed by atoms with Gasteiger partial charge < -0.3 is 98.2 Å². The van der Waals surface area contributed by atoms with E-state index < -0.39 is 116 Å². The Morgan fingerprint density at radius 2 is 1.28 bits per heavy atom. The number of benzene rings is 2. The molecule has 18 N–H and O–H groups in total. The number of aromatic nitrogens is 3. The number of rotatable bonds is 20. The third-order valence-electron chi connectivity index (χ3n) is 14.4. The molecule has 0 radical (unpaired) electrons. The van der Waals surface area contributed by atoms with Gasteiger partial charge in [-0.2, -0.15) is 0 Å². The van der Waals surface area contributed by atoms with Crippen LogP contribution < -0.4 is 39.1 Å². The summed E-state index contributed by atoms with van der Waals surface area (Å²) in [7, 11) is 0. The summed E-state index contributed by atoms with van der Waals surface area (Å²) >= 11 is 12.9. The molecule has 1 aliphatic carbocycles. The number of aryl methyl sites for hydroxylation is 1. The summed E-state index contributed by atoms with van der Waals surface area (Å²) < 4.78 is 44.8. The summed E-state index contributed by atoms with van der Waals surface area (Å²) in [5.41, 5.74) is 40.9. The third-order valence-corrected chi connectivity index (χ3v) is 15.0. The number of hydrogen-bond donors (Lipinski definition) is 12. The smallest absolute Gasteiger partial charge is 0.187 e. The highest BCUT2D eigenvalue weighted by Gasteiger charge is 2.54. The lowest BCUT2D eigenvalue weighted by atomic mass is 9.72. The fourth-order valence-electron chi connectivity index (χ4n) is 10.6. The van der Waals surface area contributed by atoms with E-state index in [1.165, 1.54) is 10.2 Å². The zero-order chi connectivity index (χ0) is 54.0. The van der Waals surface area contributed by atoms with Crippen molar-refractivity contribution in [2.75, 3.05) is 19.7 Å². The first-order chi connectivity index (χ1) is 34.9. The molecule has 3 saturated heterocycles. The Labute approximate surface area is 442 Å². The standard InChI is InChI=1S/C50H79Cl2N9O13/c1-49(2,3)22-50(4,5)25-10-12-31(24(15-25)14-23-9-11-26(51)16-28(23)52)68-13-7-6-8-27-20-61(60-59-27)21-34-44(73-47-36(58)41(66)39(64)33(19-54)70-47)42(67)48(71-34)74-45-37(62)29(55)17-30(56)43(45)72-46-35(57)40(65)38(63)32(18-53)69-46/h9-12,15-16,20,29-30,32-48,62-67H,6-8,13-14,17-19,21-22,53-58H2,1-5H3/t29-,30+,32-,33+,34-,35-,36-,37+,38-,39-,40-,41-,42-,43-,44-,45-,46-,47-,48+/m1/s1. The van der Waals surface area contributed by atoms with Crippen molar-refractivity contribution in [3.05, 3.63) is 75.0 Å². The minimum atomic E-state index is -1.62. The van der Waals surface area contributed by atoms with Crippen molar-refractivity contribution >= 4 is 23.2 Å². The average molecular weight is 1090 g/mol. The van der Waals surface area contributed by atoms with E-state index in [0.717, 1.165) is 23.3 Å². The van der Waals surface area contributed by atoms with Crippen LogP contribution in [-0.4, -0.2) is 182 Å². The molecule has 3 aromatic rings. The Balaban J connectivity index is 1.03. The van der Waals surface area contributed by atoms with Crippen molar-refractivity contribution in [3.63, 3.8) is 0 Å². The summed E-state index contributed by atoms with van der Waals surface area (Å²) in [6, 6.07) is 7.61. The van der Waals surface area contributed by atoms with Crippen LogP contribution in [0.25, 0.3) is 0 Å². The summed E-state index contributed by atoms with van der Waals surface area (Å²) in [5, 5.41) is 75.8. The lowest BCUT2D eigenvalue weighted by Crippen LogP contribution is -2.68. The number of ether oxygens (including phenoxy) is 7. The van der Waals surface area contributed by atoms with Gasteiger partial charge in [-0.05, 0) is 77.8 Å². The first-order valence-electron chi connectivity index (χ1n) is 25.4. The zero-order valence-electron chi connectivity index (χ0n) is 42.7. The molecular formula is C50H79Cl2N9O13. The number of hydrogen-bond acceptors (Lipinski definition) is 21. The molecule has 0 unspecified atom stereocenters. The molecule has 74 heavy (non-hydrogen) atoms. The minimum Gasteiger partial charge on any atom is -0.493 e. The molecule has 4 heterocycles. The van der Waals surface area contributed by atoms with E-state index in [4.69, 9.17) is 90.8 Å². The van der Waals surface area contributed by atoms with Crippen LogP contribution in [0.15, 0.2) is 42.6 Å². The second kappa shape index (κ2) is 24.9. The second-order valence-corrected chi connectivity index (χ2v) is 23.0. The SMILES string of the molecule is CC(C)(C)CC(C)(C)c1ccc(OCCCCc2cn(C[C@H]3O[C@@H](O[C@@H]4[C@@H](O)[C@H](N)C[C@H](N)[C@H]4O[C@H]4O[C@H](CN)[C@@H](O)[C@H](O)[C@H]4N)[C@H](O)[C@@H]3O[C@H]3O[C@@H](CN)[C@@H](O)[C@H](O)[C@H]3N)nn2)c(Cc2ccc(Cl)cc2Cl)c1. The summed E-state index contributed by atoms with van der Waals surface area (Å²) in [6.07, 6.45) is -14.8. The van der Waals surface area contributed by atoms with Gasteiger partial charge in [0, 0.05) is 47.8 Å². The quantitative estimate of drug-likeness (QED) is 0.0630. The highest BCUT2D eigenvalue weighted by Crippen LogP contribution is 2.40. The molecule has 1 aromatic heterocycles. The Kier molecular flexibility index (Phi) is 19.8. The number of aliphatic hydroxyl groups is 6. The maximum absolute atomic E-state index is 12.0. The average Bonchev–Trinajstić information content (AvgIpc) is 3.91. The molecule has 0 spiro atoms. The number of aliphatic hydroxyl groups excluding tert-OH is 6. The van der Waals surface area contributed by atoms with Crippen LogP contribution >= 0.6 is 23.2 Å². The van der Waals surface area contributed by atoms with Gasteiger partial charge in [-0.3, -0.25) is 0 Å². The molecular weight excluding hydrogens is 1010 g/mol. The van der Waals surface area contributed by atoms with Crippen LogP contribution in [0, 0.1) is 5.41 Å². The highest BCUT2D eigenvalue weighted by molar-refractivity contribution is 6.35. The molecule has 1 saturated carbocycles. The molecule has 0 amide bonds. The van der Waals surface area contributed by atoms with Crippen LogP contribution in [0.3, 0.4) is 0 Å². The maximum atomic E-state index is 12.0. The minimum absolute atomic E-state index is 0.0498. The van der Waals surface area contributed by atoms with E-state index >= 15 is 0 Å². The summed E-state index contributed by atoms with van der Waals surface area (Å²) in [5.74, 6) is 0.772. The van der Waals surface area contributed by atoms with Crippen LogP contribution in [0.1, 0.15) is 82.7 Å². The van der Waals surface area contributed by atoms with Crippen molar-refractivity contribution in [1.82, 2.24) is 15.0 Å². The molecule has 4 fully saturated rings.